The summed E-state index contributed by atoms with van der Waals surface area (Å²) in [6.45, 7) is 1.91. The zero-order valence-corrected chi connectivity index (χ0v) is 19.7. The molecule has 4 rings (SSSR count). The second-order valence-corrected chi connectivity index (χ2v) is 8.26. The first-order chi connectivity index (χ1) is 16.1. The monoisotopic (exact) mass is 460 g/mol. The van der Waals surface area contributed by atoms with Gasteiger partial charge >= 0.3 is 0 Å². The van der Waals surface area contributed by atoms with Crippen LogP contribution < -0.4 is 14.2 Å². The molecular formula is C26H24N2O4S. The van der Waals surface area contributed by atoms with E-state index in [-0.39, 0.29) is 5.91 Å². The molecule has 0 saturated carbocycles. The smallest absolute Gasteiger partial charge is 0.279 e. The number of ether oxygens (including phenoxy) is 3. The summed E-state index contributed by atoms with van der Waals surface area (Å²) in [5.74, 6) is 0.946. The van der Waals surface area contributed by atoms with E-state index in [4.69, 9.17) is 14.2 Å². The van der Waals surface area contributed by atoms with Crippen LogP contribution in [0.3, 0.4) is 0 Å². The highest BCUT2D eigenvalue weighted by atomic mass is 32.2. The van der Waals surface area contributed by atoms with Crippen molar-refractivity contribution in [2.45, 2.75) is 16.7 Å². The fourth-order valence-corrected chi connectivity index (χ4v) is 4.58. The molecule has 7 heteroatoms. The van der Waals surface area contributed by atoms with E-state index in [1.54, 1.807) is 23.9 Å². The maximum atomic E-state index is 13.7. The Kier molecular flexibility index (Phi) is 6.70. The van der Waals surface area contributed by atoms with Gasteiger partial charge in [-0.25, -0.2) is 0 Å². The van der Waals surface area contributed by atoms with Crippen LogP contribution in [0.25, 0.3) is 11.3 Å². The molecule has 3 aromatic carbocycles. The molecule has 0 fully saturated rings. The van der Waals surface area contributed by atoms with Gasteiger partial charge in [0.15, 0.2) is 11.5 Å². The van der Waals surface area contributed by atoms with Crippen molar-refractivity contribution >= 4 is 17.7 Å². The van der Waals surface area contributed by atoms with Crippen molar-refractivity contribution in [3.63, 3.8) is 0 Å². The topological polar surface area (TPSA) is 62.6 Å². The molecule has 4 aromatic rings. The predicted octanol–water partition coefficient (Wildman–Crippen LogP) is 5.72. The van der Waals surface area contributed by atoms with Crippen LogP contribution in [-0.4, -0.2) is 37.0 Å². The van der Waals surface area contributed by atoms with Crippen LogP contribution in [0.15, 0.2) is 82.6 Å². The molecule has 0 spiro atoms. The summed E-state index contributed by atoms with van der Waals surface area (Å²) in [6.07, 6.45) is 0. The fourth-order valence-electron chi connectivity index (χ4n) is 3.56. The van der Waals surface area contributed by atoms with Gasteiger partial charge < -0.3 is 14.2 Å². The van der Waals surface area contributed by atoms with Gasteiger partial charge in [-0.3, -0.25) is 4.79 Å². The van der Waals surface area contributed by atoms with Gasteiger partial charge in [0.2, 0.25) is 5.75 Å². The Labute approximate surface area is 197 Å². The SMILES string of the molecule is COc1cc(C(=O)n2nc(C)c(Sc3ccccc3)c2-c2ccccc2)cc(OC)c1OC. The minimum absolute atomic E-state index is 0.295. The lowest BCUT2D eigenvalue weighted by atomic mass is 10.1. The first-order valence-electron chi connectivity index (χ1n) is 10.3. The average Bonchev–Trinajstić information content (AvgIpc) is 3.19. The lowest BCUT2D eigenvalue weighted by Gasteiger charge is -2.14. The number of hydrogen-bond donors (Lipinski definition) is 0. The van der Waals surface area contributed by atoms with Crippen molar-refractivity contribution in [2.24, 2.45) is 0 Å². The van der Waals surface area contributed by atoms with Crippen LogP contribution in [0.1, 0.15) is 16.1 Å². The Morgan fingerprint density at radius 3 is 1.97 bits per heavy atom. The number of rotatable bonds is 7. The average molecular weight is 461 g/mol. The Morgan fingerprint density at radius 1 is 0.848 bits per heavy atom. The van der Waals surface area contributed by atoms with Gasteiger partial charge in [0.05, 0.1) is 37.6 Å². The third-order valence-corrected chi connectivity index (χ3v) is 6.32. The Hall–Kier alpha value is -3.71. The van der Waals surface area contributed by atoms with Crippen molar-refractivity contribution in [1.82, 2.24) is 9.78 Å². The highest BCUT2D eigenvalue weighted by Gasteiger charge is 2.25. The summed E-state index contributed by atoms with van der Waals surface area (Å²) in [5.41, 5.74) is 2.78. The van der Waals surface area contributed by atoms with Gasteiger partial charge in [0.25, 0.3) is 5.91 Å². The molecule has 0 aliphatic rings. The summed E-state index contributed by atoms with van der Waals surface area (Å²) in [5, 5.41) is 4.65. The van der Waals surface area contributed by atoms with E-state index in [1.807, 2.05) is 67.6 Å². The number of carbonyl (C=O) groups excluding carboxylic acids is 1. The molecule has 0 saturated heterocycles. The lowest BCUT2D eigenvalue weighted by molar-refractivity contribution is 0.0946. The largest absolute Gasteiger partial charge is 0.493 e. The first kappa shape index (κ1) is 22.5. The minimum Gasteiger partial charge on any atom is -0.493 e. The van der Waals surface area contributed by atoms with Crippen LogP contribution in [-0.2, 0) is 0 Å². The fraction of sp³-hybridized carbons (Fsp3) is 0.154. The summed E-state index contributed by atoms with van der Waals surface area (Å²) in [4.78, 5) is 15.7. The quantitative estimate of drug-likeness (QED) is 0.351. The Balaban J connectivity index is 1.88. The second kappa shape index (κ2) is 9.83. The Bertz CT molecular complexity index is 1250. The van der Waals surface area contributed by atoms with Crippen LogP contribution in [0.4, 0.5) is 0 Å². The zero-order valence-electron chi connectivity index (χ0n) is 18.9. The molecule has 1 aromatic heterocycles. The molecule has 6 nitrogen and oxygen atoms in total. The van der Waals surface area contributed by atoms with Gasteiger partial charge in [0.1, 0.15) is 0 Å². The number of hydrogen-bond acceptors (Lipinski definition) is 6. The van der Waals surface area contributed by atoms with Gasteiger partial charge in [0, 0.05) is 16.0 Å². The third kappa shape index (κ3) is 4.45. The summed E-state index contributed by atoms with van der Waals surface area (Å²) >= 11 is 1.59. The normalized spacial score (nSPS) is 10.7. The third-order valence-electron chi connectivity index (χ3n) is 5.12. The van der Waals surface area contributed by atoms with Crippen molar-refractivity contribution in [1.29, 1.82) is 0 Å². The maximum Gasteiger partial charge on any atom is 0.279 e. The minimum atomic E-state index is -0.295. The number of benzene rings is 3. The molecule has 0 N–H and O–H groups in total. The molecule has 0 aliphatic carbocycles. The van der Waals surface area contributed by atoms with E-state index in [0.29, 0.717) is 22.8 Å². The molecule has 168 valence electrons. The second-order valence-electron chi connectivity index (χ2n) is 7.18. The van der Waals surface area contributed by atoms with Gasteiger partial charge in [-0.05, 0) is 31.2 Å². The van der Waals surface area contributed by atoms with E-state index in [1.165, 1.54) is 26.0 Å². The van der Waals surface area contributed by atoms with Gasteiger partial charge in [-0.1, -0.05) is 60.3 Å². The molecule has 0 unspecified atom stereocenters. The highest BCUT2D eigenvalue weighted by molar-refractivity contribution is 7.99. The van der Waals surface area contributed by atoms with Crippen molar-refractivity contribution in [3.05, 3.63) is 84.1 Å². The summed E-state index contributed by atoms with van der Waals surface area (Å²) in [6, 6.07) is 23.1. The number of aryl methyl sites for hydroxylation is 1. The molecular weight excluding hydrogens is 436 g/mol. The molecule has 0 atom stereocenters. The number of methoxy groups -OCH3 is 3. The van der Waals surface area contributed by atoms with Crippen molar-refractivity contribution in [2.75, 3.05) is 21.3 Å². The van der Waals surface area contributed by atoms with E-state index in [0.717, 1.165) is 26.7 Å². The van der Waals surface area contributed by atoms with Gasteiger partial charge in [-0.15, -0.1) is 0 Å². The van der Waals surface area contributed by atoms with E-state index >= 15 is 0 Å². The standard InChI is InChI=1S/C26H24N2O4S/c1-17-25(33-20-13-9-6-10-14-20)23(18-11-7-5-8-12-18)28(27-17)26(29)19-15-21(30-2)24(32-4)22(16-19)31-3/h5-16H,1-4H3. The number of aromatic nitrogens is 2. The summed E-state index contributed by atoms with van der Waals surface area (Å²) < 4.78 is 17.7. The van der Waals surface area contributed by atoms with Crippen LogP contribution in [0.2, 0.25) is 0 Å². The molecule has 0 amide bonds. The van der Waals surface area contributed by atoms with Crippen LogP contribution in [0, 0.1) is 6.92 Å². The van der Waals surface area contributed by atoms with Crippen molar-refractivity contribution in [3.8, 4) is 28.5 Å². The molecule has 0 bridgehead atoms. The zero-order chi connectivity index (χ0) is 23.4. The van der Waals surface area contributed by atoms with Crippen molar-refractivity contribution < 1.29 is 19.0 Å². The molecule has 0 aliphatic heterocycles. The summed E-state index contributed by atoms with van der Waals surface area (Å²) in [7, 11) is 4.57. The number of nitrogens with zero attached hydrogens (tertiary/aromatic N) is 2. The lowest BCUT2D eigenvalue weighted by Crippen LogP contribution is -2.16. The molecule has 1 heterocycles. The predicted molar refractivity (Wildman–Crippen MR) is 129 cm³/mol. The van der Waals surface area contributed by atoms with E-state index in [2.05, 4.69) is 5.10 Å². The first-order valence-corrected chi connectivity index (χ1v) is 11.1. The van der Waals surface area contributed by atoms with Crippen LogP contribution in [0.5, 0.6) is 17.2 Å². The Morgan fingerprint density at radius 2 is 1.42 bits per heavy atom. The maximum absolute atomic E-state index is 13.7. The van der Waals surface area contributed by atoms with Crippen LogP contribution >= 0.6 is 11.8 Å². The molecule has 33 heavy (non-hydrogen) atoms. The van der Waals surface area contributed by atoms with E-state index < -0.39 is 0 Å². The highest BCUT2D eigenvalue weighted by Crippen LogP contribution is 2.41. The molecule has 0 radical (unpaired) electrons. The van der Waals surface area contributed by atoms with Gasteiger partial charge in [-0.2, -0.15) is 9.78 Å². The van der Waals surface area contributed by atoms with E-state index in [9.17, 15) is 4.79 Å². The number of carbonyl (C=O) groups is 1.